The molecule has 1 aromatic carbocycles. The molecule has 18 heavy (non-hydrogen) atoms. The zero-order valence-corrected chi connectivity index (χ0v) is 10.5. The second-order valence-corrected chi connectivity index (χ2v) is 4.92. The number of benzene rings is 1. The Bertz CT molecular complexity index is 555. The number of ether oxygens (including phenoxy) is 1. The van der Waals surface area contributed by atoms with Crippen LogP contribution in [0.1, 0.15) is 36.8 Å². The Labute approximate surface area is 106 Å². The molecule has 0 bridgehead atoms. The number of fused-ring (bicyclic) bond motifs is 2. The maximum Gasteiger partial charge on any atom is 0.160 e. The van der Waals surface area contributed by atoms with Gasteiger partial charge < -0.3 is 9.84 Å². The van der Waals surface area contributed by atoms with Gasteiger partial charge in [0.25, 0.3) is 0 Å². The smallest absolute Gasteiger partial charge is 0.160 e. The van der Waals surface area contributed by atoms with Gasteiger partial charge in [0.05, 0.1) is 7.11 Å². The number of phenolic OH excluding ortho intramolecular Hbond substituents is 1. The Balaban J connectivity index is 2.19. The summed E-state index contributed by atoms with van der Waals surface area (Å²) >= 11 is 0. The van der Waals surface area contributed by atoms with Crippen molar-refractivity contribution in [3.05, 3.63) is 28.8 Å². The van der Waals surface area contributed by atoms with Gasteiger partial charge in [0.1, 0.15) is 0 Å². The van der Waals surface area contributed by atoms with E-state index < -0.39 is 0 Å². The average molecular weight is 244 g/mol. The summed E-state index contributed by atoms with van der Waals surface area (Å²) in [5.74, 6) is 0.921. The normalized spacial score (nSPS) is 18.4. The lowest BCUT2D eigenvalue weighted by atomic mass is 9.96. The van der Waals surface area contributed by atoms with Crippen LogP contribution in [0.15, 0.2) is 17.7 Å². The molecule has 0 saturated heterocycles. The molecule has 0 atom stereocenters. The van der Waals surface area contributed by atoms with Crippen molar-refractivity contribution in [2.45, 2.75) is 32.1 Å². The fraction of sp³-hybridized carbons (Fsp3) is 0.400. The molecule has 0 radical (unpaired) electrons. The molecular formula is C15H16O3. The Hall–Kier alpha value is -1.77. The molecule has 0 fully saturated rings. The van der Waals surface area contributed by atoms with Gasteiger partial charge in [-0.1, -0.05) is 0 Å². The Morgan fingerprint density at radius 2 is 1.89 bits per heavy atom. The van der Waals surface area contributed by atoms with E-state index in [0.717, 1.165) is 48.0 Å². The summed E-state index contributed by atoms with van der Waals surface area (Å²) in [5, 5.41) is 9.91. The van der Waals surface area contributed by atoms with E-state index >= 15 is 0 Å². The monoisotopic (exact) mass is 244 g/mol. The van der Waals surface area contributed by atoms with E-state index in [1.807, 2.05) is 6.07 Å². The van der Waals surface area contributed by atoms with Gasteiger partial charge in [-0.25, -0.2) is 0 Å². The first-order valence-electron chi connectivity index (χ1n) is 6.36. The molecule has 0 amide bonds. The number of carbonyl (C=O) groups is 1. The number of methoxy groups -OCH3 is 1. The number of hydrogen-bond acceptors (Lipinski definition) is 3. The highest BCUT2D eigenvalue weighted by Gasteiger charge is 2.27. The number of carbonyl (C=O) groups excluding carboxylic acids is 1. The van der Waals surface area contributed by atoms with E-state index in [4.69, 9.17) is 4.74 Å². The largest absolute Gasteiger partial charge is 0.504 e. The molecule has 0 aromatic heterocycles. The molecule has 1 N–H and O–H groups in total. The molecule has 0 spiro atoms. The molecule has 3 nitrogen and oxygen atoms in total. The molecule has 0 saturated carbocycles. The van der Waals surface area contributed by atoms with Crippen LogP contribution in [-0.4, -0.2) is 18.0 Å². The SMILES string of the molecule is COc1cc2c(cc1O)C1=C(CCC1)C(=O)CC2. The van der Waals surface area contributed by atoms with Crippen molar-refractivity contribution in [3.63, 3.8) is 0 Å². The Morgan fingerprint density at radius 1 is 1.11 bits per heavy atom. The van der Waals surface area contributed by atoms with Crippen molar-refractivity contribution < 1.29 is 14.6 Å². The van der Waals surface area contributed by atoms with Gasteiger partial charge in [0, 0.05) is 6.42 Å². The summed E-state index contributed by atoms with van der Waals surface area (Å²) in [6.45, 7) is 0. The number of Topliss-reactive ketones (excluding diaryl/α,β-unsaturated/α-hetero) is 1. The van der Waals surface area contributed by atoms with E-state index in [1.54, 1.807) is 13.2 Å². The van der Waals surface area contributed by atoms with E-state index in [9.17, 15) is 9.90 Å². The van der Waals surface area contributed by atoms with Crippen LogP contribution in [-0.2, 0) is 11.2 Å². The van der Waals surface area contributed by atoms with Crippen LogP contribution >= 0.6 is 0 Å². The summed E-state index contributed by atoms with van der Waals surface area (Å²) in [6.07, 6.45) is 4.18. The fourth-order valence-corrected chi connectivity index (χ4v) is 3.01. The summed E-state index contributed by atoms with van der Waals surface area (Å²) in [7, 11) is 1.55. The number of ketones is 1. The number of allylic oxidation sites excluding steroid dienone is 2. The van der Waals surface area contributed by atoms with Gasteiger partial charge in [-0.3, -0.25) is 4.79 Å². The predicted octanol–water partition coefficient (Wildman–Crippen LogP) is 2.85. The summed E-state index contributed by atoms with van der Waals surface area (Å²) in [5.41, 5.74) is 4.29. The first kappa shape index (κ1) is 11.3. The zero-order chi connectivity index (χ0) is 12.7. The van der Waals surface area contributed by atoms with Crippen LogP contribution in [0.5, 0.6) is 11.5 Å². The van der Waals surface area contributed by atoms with Crippen molar-refractivity contribution in [1.82, 2.24) is 0 Å². The minimum absolute atomic E-state index is 0.157. The van der Waals surface area contributed by atoms with Crippen LogP contribution in [0, 0.1) is 0 Å². The van der Waals surface area contributed by atoms with Crippen LogP contribution in [0.25, 0.3) is 5.57 Å². The minimum Gasteiger partial charge on any atom is -0.504 e. The first-order valence-corrected chi connectivity index (χ1v) is 6.36. The number of hydrogen-bond donors (Lipinski definition) is 1. The van der Waals surface area contributed by atoms with Crippen molar-refractivity contribution in [1.29, 1.82) is 0 Å². The Morgan fingerprint density at radius 3 is 2.67 bits per heavy atom. The van der Waals surface area contributed by atoms with Crippen LogP contribution in [0.3, 0.4) is 0 Å². The van der Waals surface area contributed by atoms with E-state index in [2.05, 4.69) is 0 Å². The van der Waals surface area contributed by atoms with Crippen LogP contribution in [0.2, 0.25) is 0 Å². The van der Waals surface area contributed by atoms with E-state index in [-0.39, 0.29) is 11.5 Å². The van der Waals surface area contributed by atoms with Gasteiger partial charge in [0.15, 0.2) is 17.3 Å². The minimum atomic E-state index is 0.157. The van der Waals surface area contributed by atoms with Crippen LogP contribution in [0.4, 0.5) is 0 Å². The molecule has 0 heterocycles. The summed E-state index contributed by atoms with van der Waals surface area (Å²) in [4.78, 5) is 12.1. The van der Waals surface area contributed by atoms with E-state index in [0.29, 0.717) is 12.2 Å². The van der Waals surface area contributed by atoms with Gasteiger partial charge in [0.2, 0.25) is 0 Å². The van der Waals surface area contributed by atoms with Crippen molar-refractivity contribution >= 4 is 11.4 Å². The zero-order valence-electron chi connectivity index (χ0n) is 10.5. The molecule has 94 valence electrons. The number of rotatable bonds is 1. The molecule has 0 unspecified atom stereocenters. The lowest BCUT2D eigenvalue weighted by Gasteiger charge is -2.12. The van der Waals surface area contributed by atoms with Gasteiger partial charge >= 0.3 is 0 Å². The molecule has 3 heteroatoms. The third-order valence-electron chi connectivity index (χ3n) is 3.91. The van der Waals surface area contributed by atoms with E-state index in [1.165, 1.54) is 0 Å². The topological polar surface area (TPSA) is 46.5 Å². The van der Waals surface area contributed by atoms with Gasteiger partial charge in [-0.15, -0.1) is 0 Å². The molecule has 2 aliphatic rings. The van der Waals surface area contributed by atoms with Gasteiger partial charge in [-0.2, -0.15) is 0 Å². The number of phenols is 1. The van der Waals surface area contributed by atoms with Crippen molar-refractivity contribution in [2.75, 3.05) is 7.11 Å². The van der Waals surface area contributed by atoms with Crippen LogP contribution < -0.4 is 4.74 Å². The first-order chi connectivity index (χ1) is 8.70. The average Bonchev–Trinajstić information content (AvgIpc) is 2.81. The molecule has 2 aliphatic carbocycles. The highest BCUT2D eigenvalue weighted by Crippen LogP contribution is 2.42. The second-order valence-electron chi connectivity index (χ2n) is 4.92. The molecule has 3 rings (SSSR count). The Kier molecular flexibility index (Phi) is 2.62. The highest BCUT2D eigenvalue weighted by molar-refractivity contribution is 6.05. The predicted molar refractivity (Wildman–Crippen MR) is 68.8 cm³/mol. The fourth-order valence-electron chi connectivity index (χ4n) is 3.01. The van der Waals surface area contributed by atoms with Crippen molar-refractivity contribution in [3.8, 4) is 11.5 Å². The lowest BCUT2D eigenvalue weighted by Crippen LogP contribution is -2.00. The standard InChI is InChI=1S/C15H16O3/c1-18-15-7-9-5-6-13(16)11-4-2-3-10(11)12(9)8-14(15)17/h7-8,17H,2-6H2,1H3. The molecule has 0 aliphatic heterocycles. The molecule has 1 aromatic rings. The van der Waals surface area contributed by atoms with Crippen molar-refractivity contribution in [2.24, 2.45) is 0 Å². The van der Waals surface area contributed by atoms with Gasteiger partial charge in [-0.05, 0) is 60.1 Å². The lowest BCUT2D eigenvalue weighted by molar-refractivity contribution is -0.115. The summed E-state index contributed by atoms with van der Waals surface area (Å²) in [6, 6.07) is 3.62. The molecular weight excluding hydrogens is 228 g/mol. The number of aryl methyl sites for hydroxylation is 1. The highest BCUT2D eigenvalue weighted by atomic mass is 16.5. The quantitative estimate of drug-likeness (QED) is 0.826. The number of aromatic hydroxyl groups is 1. The maximum atomic E-state index is 12.1. The third kappa shape index (κ3) is 1.62. The maximum absolute atomic E-state index is 12.1. The summed E-state index contributed by atoms with van der Waals surface area (Å²) < 4.78 is 5.14. The second kappa shape index (κ2) is 4.16. The third-order valence-corrected chi connectivity index (χ3v) is 3.91.